The lowest BCUT2D eigenvalue weighted by Gasteiger charge is -2.21. The first-order valence-electron chi connectivity index (χ1n) is 7.46. The number of hydrogen-bond donors (Lipinski definition) is 0. The molecule has 142 valence electrons. The second-order valence-electron chi connectivity index (χ2n) is 5.19. The van der Waals surface area contributed by atoms with Gasteiger partial charge in [0.15, 0.2) is 24.2 Å². The predicted octanol–water partition coefficient (Wildman–Crippen LogP) is 1.43. The number of carbonyl (C=O) groups excluding carboxylic acids is 3. The molecule has 10 nitrogen and oxygen atoms in total. The number of esters is 3. The van der Waals surface area contributed by atoms with Gasteiger partial charge in [0, 0.05) is 31.3 Å². The van der Waals surface area contributed by atoms with Gasteiger partial charge in [-0.25, -0.2) is 0 Å². The first-order valence-corrected chi connectivity index (χ1v) is 7.46. The fraction of sp³-hybridized carbons (Fsp3) is 0.438. The predicted molar refractivity (Wildman–Crippen MR) is 86.2 cm³/mol. The van der Waals surface area contributed by atoms with Gasteiger partial charge in [0.2, 0.25) is 0 Å². The van der Waals surface area contributed by atoms with E-state index in [1.165, 1.54) is 32.2 Å². The monoisotopic (exact) mass is 369 g/mol. The van der Waals surface area contributed by atoms with Crippen LogP contribution in [0.3, 0.4) is 0 Å². The maximum atomic E-state index is 11.4. The van der Waals surface area contributed by atoms with Crippen LogP contribution in [0.25, 0.3) is 0 Å². The van der Waals surface area contributed by atoms with Crippen molar-refractivity contribution in [1.29, 1.82) is 0 Å². The van der Waals surface area contributed by atoms with Crippen molar-refractivity contribution < 1.29 is 38.3 Å². The van der Waals surface area contributed by atoms with E-state index < -0.39 is 41.6 Å². The lowest BCUT2D eigenvalue weighted by Crippen LogP contribution is -2.35. The number of nitrogens with zero attached hydrogens (tertiary/aromatic N) is 1. The van der Waals surface area contributed by atoms with Crippen molar-refractivity contribution in [1.82, 2.24) is 0 Å². The van der Waals surface area contributed by atoms with E-state index in [0.717, 1.165) is 13.8 Å². The molecule has 0 heterocycles. The highest BCUT2D eigenvalue weighted by atomic mass is 16.6. The van der Waals surface area contributed by atoms with Gasteiger partial charge in [0.1, 0.15) is 0 Å². The van der Waals surface area contributed by atoms with Crippen LogP contribution >= 0.6 is 0 Å². The van der Waals surface area contributed by atoms with E-state index in [9.17, 15) is 24.5 Å². The summed E-state index contributed by atoms with van der Waals surface area (Å²) >= 11 is 0. The van der Waals surface area contributed by atoms with Crippen molar-refractivity contribution in [2.24, 2.45) is 0 Å². The summed E-state index contributed by atoms with van der Waals surface area (Å²) in [5, 5.41) is 11.4. The van der Waals surface area contributed by atoms with Crippen LogP contribution in [-0.4, -0.2) is 42.6 Å². The van der Waals surface area contributed by atoms with Crippen molar-refractivity contribution in [2.45, 2.75) is 32.9 Å². The average molecular weight is 369 g/mol. The molecule has 26 heavy (non-hydrogen) atoms. The Bertz CT molecular complexity index is 701. The molecule has 0 fully saturated rings. The zero-order chi connectivity index (χ0) is 19.9. The molecule has 0 aliphatic rings. The average Bonchev–Trinajstić information content (AvgIpc) is 2.53. The van der Waals surface area contributed by atoms with Gasteiger partial charge in [0.25, 0.3) is 6.04 Å². The molecule has 0 bridgehead atoms. The highest BCUT2D eigenvalue weighted by Gasteiger charge is 2.37. The van der Waals surface area contributed by atoms with E-state index in [1.807, 2.05) is 0 Å². The standard InChI is InChI=1S/C16H19NO9/c1-9(18)24-8-13(17(21)22)16(26-11(3)20)12-5-6-14(25-10(2)19)15(7-12)23-4/h5-7,13,16H,8H2,1-4H3. The number of methoxy groups -OCH3 is 1. The molecule has 0 aliphatic carbocycles. The summed E-state index contributed by atoms with van der Waals surface area (Å²) < 4.78 is 19.9. The van der Waals surface area contributed by atoms with Gasteiger partial charge in [-0.15, -0.1) is 0 Å². The minimum Gasteiger partial charge on any atom is -0.493 e. The van der Waals surface area contributed by atoms with Crippen molar-refractivity contribution in [3.05, 3.63) is 33.9 Å². The minimum atomic E-state index is -1.54. The second-order valence-corrected chi connectivity index (χ2v) is 5.19. The molecule has 1 aromatic carbocycles. The SMILES string of the molecule is COc1cc(C(OC(C)=O)C(COC(C)=O)[N+](=O)[O-])ccc1OC(C)=O. The Morgan fingerprint density at radius 3 is 2.19 bits per heavy atom. The third-order valence-corrected chi connectivity index (χ3v) is 3.14. The van der Waals surface area contributed by atoms with Crippen LogP contribution in [0.1, 0.15) is 32.4 Å². The van der Waals surface area contributed by atoms with Gasteiger partial charge in [-0.05, 0) is 12.1 Å². The fourth-order valence-corrected chi connectivity index (χ4v) is 2.11. The molecule has 0 aromatic heterocycles. The summed E-state index contributed by atoms with van der Waals surface area (Å²) in [6, 6.07) is 2.55. The van der Waals surface area contributed by atoms with Crippen LogP contribution in [0.2, 0.25) is 0 Å². The first kappa shape index (κ1) is 20.9. The van der Waals surface area contributed by atoms with Gasteiger partial charge >= 0.3 is 17.9 Å². The third-order valence-electron chi connectivity index (χ3n) is 3.14. The molecule has 2 atom stereocenters. The van der Waals surface area contributed by atoms with Gasteiger partial charge in [-0.1, -0.05) is 6.07 Å². The first-order chi connectivity index (χ1) is 12.1. The Kier molecular flexibility index (Phi) is 7.51. The molecule has 0 spiro atoms. The summed E-state index contributed by atoms with van der Waals surface area (Å²) in [6.45, 7) is 2.82. The third kappa shape index (κ3) is 6.04. The Balaban J connectivity index is 3.29. The molecule has 2 unspecified atom stereocenters. The van der Waals surface area contributed by atoms with E-state index in [1.54, 1.807) is 0 Å². The highest BCUT2D eigenvalue weighted by molar-refractivity contribution is 5.70. The van der Waals surface area contributed by atoms with Crippen LogP contribution in [0.4, 0.5) is 0 Å². The maximum Gasteiger partial charge on any atom is 0.308 e. The van der Waals surface area contributed by atoms with Gasteiger partial charge in [-0.2, -0.15) is 0 Å². The number of ether oxygens (including phenoxy) is 4. The van der Waals surface area contributed by atoms with Crippen LogP contribution in [-0.2, 0) is 23.9 Å². The molecule has 1 aromatic rings. The summed E-state index contributed by atoms with van der Waals surface area (Å²) in [7, 11) is 1.32. The molecule has 0 saturated heterocycles. The summed E-state index contributed by atoms with van der Waals surface area (Å²) in [5.41, 5.74) is 0.210. The van der Waals surface area contributed by atoms with Crippen molar-refractivity contribution in [3.8, 4) is 11.5 Å². The maximum absolute atomic E-state index is 11.4. The molecule has 0 N–H and O–H groups in total. The van der Waals surface area contributed by atoms with Gasteiger partial charge < -0.3 is 18.9 Å². The molecule has 10 heteroatoms. The van der Waals surface area contributed by atoms with Crippen molar-refractivity contribution >= 4 is 17.9 Å². The molecule has 0 amide bonds. The zero-order valence-corrected chi connectivity index (χ0v) is 14.7. The molecular weight excluding hydrogens is 350 g/mol. The topological polar surface area (TPSA) is 131 Å². The molecule has 0 aliphatic heterocycles. The van der Waals surface area contributed by atoms with Crippen LogP contribution < -0.4 is 9.47 Å². The number of nitro groups is 1. The highest BCUT2D eigenvalue weighted by Crippen LogP contribution is 2.33. The van der Waals surface area contributed by atoms with Crippen molar-refractivity contribution in [2.75, 3.05) is 13.7 Å². The fourth-order valence-electron chi connectivity index (χ4n) is 2.11. The Labute approximate surface area is 149 Å². The minimum absolute atomic E-state index is 0.1000. The van der Waals surface area contributed by atoms with Gasteiger partial charge in [-0.3, -0.25) is 24.5 Å². The molecular formula is C16H19NO9. The normalized spacial score (nSPS) is 12.5. The van der Waals surface area contributed by atoms with E-state index >= 15 is 0 Å². The Morgan fingerprint density at radius 2 is 1.73 bits per heavy atom. The lowest BCUT2D eigenvalue weighted by atomic mass is 10.0. The molecule has 1 rings (SSSR count). The largest absolute Gasteiger partial charge is 0.493 e. The molecule has 0 radical (unpaired) electrons. The summed E-state index contributed by atoms with van der Waals surface area (Å²) in [5.74, 6) is -1.83. The Morgan fingerprint density at radius 1 is 1.08 bits per heavy atom. The number of benzene rings is 1. The van der Waals surface area contributed by atoms with E-state index in [2.05, 4.69) is 0 Å². The number of hydrogen-bond acceptors (Lipinski definition) is 9. The van der Waals surface area contributed by atoms with Crippen molar-refractivity contribution in [3.63, 3.8) is 0 Å². The van der Waals surface area contributed by atoms with Crippen LogP contribution in [0.5, 0.6) is 11.5 Å². The van der Waals surface area contributed by atoms with Crippen LogP contribution in [0.15, 0.2) is 18.2 Å². The zero-order valence-electron chi connectivity index (χ0n) is 14.7. The summed E-state index contributed by atoms with van der Waals surface area (Å²) in [4.78, 5) is 44.2. The smallest absolute Gasteiger partial charge is 0.308 e. The second kappa shape index (κ2) is 9.35. The molecule has 0 saturated carbocycles. The summed E-state index contributed by atoms with van der Waals surface area (Å²) in [6.07, 6.45) is -1.35. The van der Waals surface area contributed by atoms with E-state index in [-0.39, 0.29) is 17.1 Å². The van der Waals surface area contributed by atoms with E-state index in [4.69, 9.17) is 18.9 Å². The Hall–Kier alpha value is -3.17. The quantitative estimate of drug-likeness (QED) is 0.289. The van der Waals surface area contributed by atoms with E-state index in [0.29, 0.717) is 0 Å². The number of rotatable bonds is 8. The van der Waals surface area contributed by atoms with Crippen LogP contribution in [0, 0.1) is 10.1 Å². The lowest BCUT2D eigenvalue weighted by molar-refractivity contribution is -0.538. The number of carbonyl (C=O) groups is 3. The van der Waals surface area contributed by atoms with Gasteiger partial charge in [0.05, 0.1) is 7.11 Å².